The van der Waals surface area contributed by atoms with Gasteiger partial charge in [-0.1, -0.05) is 48.9 Å². The van der Waals surface area contributed by atoms with E-state index < -0.39 is 12.1 Å². The highest BCUT2D eigenvalue weighted by Gasteiger charge is 2.21. The van der Waals surface area contributed by atoms with Crippen LogP contribution < -0.4 is 5.32 Å². The number of aromatic nitrogens is 1. The Morgan fingerprint density at radius 1 is 1.20 bits per heavy atom. The summed E-state index contributed by atoms with van der Waals surface area (Å²) in [4.78, 5) is 28.1. The van der Waals surface area contributed by atoms with Gasteiger partial charge in [0.2, 0.25) is 0 Å². The molecule has 0 bridgehead atoms. The lowest BCUT2D eigenvalue weighted by Crippen LogP contribution is -2.38. The number of nitrogens with one attached hydrogen (secondary N) is 1. The van der Waals surface area contributed by atoms with Crippen molar-refractivity contribution in [3.63, 3.8) is 0 Å². The number of rotatable bonds is 7. The van der Waals surface area contributed by atoms with E-state index in [4.69, 9.17) is 16.3 Å². The molecule has 1 aromatic carbocycles. The second-order valence-corrected chi connectivity index (χ2v) is 6.01. The Balaban J connectivity index is 1.90. The molecular weight excluding hydrogens is 340 g/mol. The molecule has 0 saturated heterocycles. The first kappa shape index (κ1) is 18.9. The molecule has 0 aliphatic carbocycles. The zero-order valence-corrected chi connectivity index (χ0v) is 15.0. The van der Waals surface area contributed by atoms with Gasteiger partial charge in [-0.05, 0) is 31.0 Å². The number of hydrogen-bond acceptors (Lipinski definition) is 4. The van der Waals surface area contributed by atoms with Crippen LogP contribution in [0.4, 0.5) is 0 Å². The number of hydrogen-bond donors (Lipinski definition) is 1. The highest BCUT2D eigenvalue weighted by Crippen LogP contribution is 2.18. The van der Waals surface area contributed by atoms with Crippen molar-refractivity contribution in [2.24, 2.45) is 0 Å². The Labute approximate surface area is 152 Å². The van der Waals surface area contributed by atoms with Crippen LogP contribution in [0.3, 0.4) is 0 Å². The van der Waals surface area contributed by atoms with E-state index in [2.05, 4.69) is 17.2 Å². The molecule has 2 aromatic rings. The molecule has 1 amide bonds. The van der Waals surface area contributed by atoms with Crippen LogP contribution in [0, 0.1) is 0 Å². The van der Waals surface area contributed by atoms with Gasteiger partial charge in [0.05, 0.1) is 5.56 Å². The topological polar surface area (TPSA) is 68.3 Å². The summed E-state index contributed by atoms with van der Waals surface area (Å²) in [5, 5.41) is 2.89. The summed E-state index contributed by atoms with van der Waals surface area (Å²) in [6.07, 6.45) is 1.45. The fraction of sp³-hybridized carbons (Fsp3) is 0.316. The van der Waals surface area contributed by atoms with Gasteiger partial charge in [-0.15, -0.1) is 0 Å². The molecule has 2 atom stereocenters. The summed E-state index contributed by atoms with van der Waals surface area (Å²) in [6, 6.07) is 13.1. The van der Waals surface area contributed by atoms with Gasteiger partial charge in [-0.25, -0.2) is 9.78 Å². The summed E-state index contributed by atoms with van der Waals surface area (Å²) in [5.41, 5.74) is 1.30. The third-order valence-corrected chi connectivity index (χ3v) is 4.22. The standard InChI is InChI=1S/C19H21ClN2O3/c1-3-14(15-8-5-4-6-9-15)12-22-18(23)13(2)25-19(24)16-10-7-11-21-17(16)20/h4-11,13-14H,3,12H2,1-2H3,(H,22,23)/t13-,14+/m1/s1. The Morgan fingerprint density at radius 2 is 1.92 bits per heavy atom. The summed E-state index contributed by atoms with van der Waals surface area (Å²) in [7, 11) is 0. The molecule has 0 aliphatic rings. The van der Waals surface area contributed by atoms with Crippen LogP contribution in [0.1, 0.15) is 42.1 Å². The zero-order valence-electron chi connectivity index (χ0n) is 14.2. The number of amides is 1. The molecule has 0 spiro atoms. The van der Waals surface area contributed by atoms with Crippen molar-refractivity contribution in [3.05, 3.63) is 64.9 Å². The number of pyridine rings is 1. The van der Waals surface area contributed by atoms with E-state index in [1.54, 1.807) is 6.07 Å². The normalized spacial score (nSPS) is 12.9. The van der Waals surface area contributed by atoms with Gasteiger partial charge in [-0.2, -0.15) is 0 Å². The van der Waals surface area contributed by atoms with E-state index in [-0.39, 0.29) is 22.5 Å². The summed E-state index contributed by atoms with van der Waals surface area (Å²) in [5.74, 6) is -0.806. The van der Waals surface area contributed by atoms with Crippen molar-refractivity contribution in [1.29, 1.82) is 0 Å². The van der Waals surface area contributed by atoms with Gasteiger partial charge in [0, 0.05) is 18.7 Å². The van der Waals surface area contributed by atoms with Crippen molar-refractivity contribution in [3.8, 4) is 0 Å². The quantitative estimate of drug-likeness (QED) is 0.605. The van der Waals surface area contributed by atoms with Crippen LogP contribution in [0.25, 0.3) is 0 Å². The summed E-state index contributed by atoms with van der Waals surface area (Å²) < 4.78 is 5.18. The highest BCUT2D eigenvalue weighted by atomic mass is 35.5. The lowest BCUT2D eigenvalue weighted by atomic mass is 9.96. The third kappa shape index (κ3) is 5.29. The summed E-state index contributed by atoms with van der Waals surface area (Å²) >= 11 is 5.86. The van der Waals surface area contributed by atoms with E-state index >= 15 is 0 Å². The first-order valence-corrected chi connectivity index (χ1v) is 8.54. The Kier molecular flexibility index (Phi) is 6.95. The number of nitrogens with zero attached hydrogens (tertiary/aromatic N) is 1. The minimum atomic E-state index is -0.919. The van der Waals surface area contributed by atoms with E-state index in [1.807, 2.05) is 30.3 Å². The van der Waals surface area contributed by atoms with Gasteiger partial charge in [0.15, 0.2) is 6.10 Å². The van der Waals surface area contributed by atoms with Gasteiger partial charge >= 0.3 is 5.97 Å². The molecule has 0 unspecified atom stereocenters. The molecule has 0 aliphatic heterocycles. The first-order chi connectivity index (χ1) is 12.0. The Bertz CT molecular complexity index is 722. The monoisotopic (exact) mass is 360 g/mol. The van der Waals surface area contributed by atoms with Crippen molar-refractivity contribution in [1.82, 2.24) is 10.3 Å². The molecular formula is C19H21ClN2O3. The third-order valence-electron chi connectivity index (χ3n) is 3.92. The number of benzene rings is 1. The van der Waals surface area contributed by atoms with Crippen LogP contribution in [0.15, 0.2) is 48.7 Å². The predicted octanol–water partition coefficient (Wildman–Crippen LogP) is 3.59. The lowest BCUT2D eigenvalue weighted by Gasteiger charge is -2.18. The second-order valence-electron chi connectivity index (χ2n) is 5.65. The fourth-order valence-corrected chi connectivity index (χ4v) is 2.60. The van der Waals surface area contributed by atoms with Crippen molar-refractivity contribution in [2.45, 2.75) is 32.3 Å². The molecule has 1 N–H and O–H groups in total. The number of carbonyl (C=O) groups excluding carboxylic acids is 2. The van der Waals surface area contributed by atoms with Crippen LogP contribution in [0.2, 0.25) is 5.15 Å². The SMILES string of the molecule is CC[C@@H](CNC(=O)[C@@H](C)OC(=O)c1cccnc1Cl)c1ccccc1. The van der Waals surface area contributed by atoms with Crippen LogP contribution >= 0.6 is 11.6 Å². The molecule has 5 nitrogen and oxygen atoms in total. The van der Waals surface area contributed by atoms with Gasteiger partial charge < -0.3 is 10.1 Å². The largest absolute Gasteiger partial charge is 0.449 e. The van der Waals surface area contributed by atoms with Crippen LogP contribution in [-0.2, 0) is 9.53 Å². The van der Waals surface area contributed by atoms with E-state index in [0.29, 0.717) is 6.54 Å². The molecule has 0 fully saturated rings. The molecule has 1 aromatic heterocycles. The highest BCUT2D eigenvalue weighted by molar-refractivity contribution is 6.32. The Morgan fingerprint density at radius 3 is 2.56 bits per heavy atom. The first-order valence-electron chi connectivity index (χ1n) is 8.17. The summed E-state index contributed by atoms with van der Waals surface area (Å²) in [6.45, 7) is 4.08. The van der Waals surface area contributed by atoms with Crippen molar-refractivity contribution < 1.29 is 14.3 Å². The number of halogens is 1. The number of esters is 1. The van der Waals surface area contributed by atoms with Crippen molar-refractivity contribution >= 4 is 23.5 Å². The number of ether oxygens (including phenoxy) is 1. The van der Waals surface area contributed by atoms with Gasteiger partial charge in [0.1, 0.15) is 5.15 Å². The maximum atomic E-state index is 12.2. The average Bonchev–Trinajstić information content (AvgIpc) is 2.63. The predicted molar refractivity (Wildman–Crippen MR) is 96.6 cm³/mol. The maximum Gasteiger partial charge on any atom is 0.342 e. The van der Waals surface area contributed by atoms with Crippen molar-refractivity contribution in [2.75, 3.05) is 6.54 Å². The number of carbonyl (C=O) groups is 2. The minimum Gasteiger partial charge on any atom is -0.449 e. The van der Waals surface area contributed by atoms with E-state index in [0.717, 1.165) is 12.0 Å². The van der Waals surface area contributed by atoms with Gasteiger partial charge in [0.25, 0.3) is 5.91 Å². The zero-order chi connectivity index (χ0) is 18.2. The second kappa shape index (κ2) is 9.18. The van der Waals surface area contributed by atoms with Gasteiger partial charge in [-0.3, -0.25) is 4.79 Å². The smallest absolute Gasteiger partial charge is 0.342 e. The van der Waals surface area contributed by atoms with E-state index in [9.17, 15) is 9.59 Å². The molecule has 6 heteroatoms. The van der Waals surface area contributed by atoms with Crippen LogP contribution in [-0.4, -0.2) is 29.5 Å². The molecule has 1 heterocycles. The average molecular weight is 361 g/mol. The fourth-order valence-electron chi connectivity index (χ4n) is 2.41. The Hall–Kier alpha value is -2.40. The molecule has 0 radical (unpaired) electrons. The molecule has 0 saturated carbocycles. The van der Waals surface area contributed by atoms with Crippen LogP contribution in [0.5, 0.6) is 0 Å². The maximum absolute atomic E-state index is 12.2. The van der Waals surface area contributed by atoms with E-state index in [1.165, 1.54) is 19.2 Å². The minimum absolute atomic E-state index is 0.0511. The lowest BCUT2D eigenvalue weighted by molar-refractivity contribution is -0.129. The molecule has 132 valence electrons. The molecule has 2 rings (SSSR count). The molecule has 25 heavy (non-hydrogen) atoms.